The highest BCUT2D eigenvalue weighted by Crippen LogP contribution is 2.24. The van der Waals surface area contributed by atoms with Crippen LogP contribution >= 0.6 is 11.8 Å². The summed E-state index contributed by atoms with van der Waals surface area (Å²) < 4.78 is 25.2. The molecule has 0 bridgehead atoms. The summed E-state index contributed by atoms with van der Waals surface area (Å²) in [5, 5.41) is 2.88. The fourth-order valence-electron chi connectivity index (χ4n) is 2.07. The third-order valence-corrected chi connectivity index (χ3v) is 6.56. The number of nitrogens with one attached hydrogen (secondary N) is 1. The average molecular weight is 408 g/mol. The number of rotatable bonds is 7. The number of hydrogen-bond donors (Lipinski definition) is 1. The number of amides is 1. The molecule has 0 saturated carbocycles. The summed E-state index contributed by atoms with van der Waals surface area (Å²) in [7, 11) is -0.627. The molecule has 1 atom stereocenters. The fraction of sp³-hybridized carbons (Fsp3) is 0.278. The van der Waals surface area contributed by atoms with Crippen LogP contribution in [0.25, 0.3) is 0 Å². The lowest BCUT2D eigenvalue weighted by molar-refractivity contribution is -0.115. The van der Waals surface area contributed by atoms with E-state index >= 15 is 0 Å². The van der Waals surface area contributed by atoms with E-state index in [0.29, 0.717) is 16.3 Å². The number of aromatic nitrogens is 1. The van der Waals surface area contributed by atoms with Gasteiger partial charge in [0.25, 0.3) is 0 Å². The topological polar surface area (TPSA) is 96.4 Å². The van der Waals surface area contributed by atoms with Crippen LogP contribution in [0.15, 0.2) is 52.5 Å². The highest BCUT2D eigenvalue weighted by atomic mass is 32.2. The van der Waals surface area contributed by atoms with Gasteiger partial charge in [0.15, 0.2) is 5.78 Å². The number of carbonyl (C=O) groups excluding carboxylic acids is 2. The van der Waals surface area contributed by atoms with Gasteiger partial charge in [-0.15, -0.1) is 0 Å². The number of carbonyl (C=O) groups is 2. The molecule has 0 aliphatic rings. The normalized spacial score (nSPS) is 12.6. The summed E-state index contributed by atoms with van der Waals surface area (Å²) >= 11 is 1.22. The molecular formula is C18H21N3O4S2. The Balaban J connectivity index is 2.00. The predicted octanol–water partition coefficient (Wildman–Crippen LogP) is 2.65. The van der Waals surface area contributed by atoms with Gasteiger partial charge in [-0.2, -0.15) is 0 Å². The quantitative estimate of drug-likeness (QED) is 0.560. The molecular weight excluding hydrogens is 386 g/mol. The zero-order chi connectivity index (χ0) is 20.2. The van der Waals surface area contributed by atoms with Gasteiger partial charge in [0, 0.05) is 31.5 Å². The maximum absolute atomic E-state index is 12.3. The molecule has 0 radical (unpaired) electrons. The zero-order valence-corrected chi connectivity index (χ0v) is 17.1. The first-order chi connectivity index (χ1) is 12.6. The molecule has 2 aromatic rings. The molecule has 0 fully saturated rings. The summed E-state index contributed by atoms with van der Waals surface area (Å²) in [4.78, 5) is 27.8. The van der Waals surface area contributed by atoms with Crippen molar-refractivity contribution in [2.75, 3.05) is 19.4 Å². The molecule has 1 amide bonds. The Bertz CT molecular complexity index is 924. The number of ketones is 1. The van der Waals surface area contributed by atoms with Crippen LogP contribution in [0, 0.1) is 0 Å². The Hall–Kier alpha value is -2.23. The molecule has 0 spiro atoms. The van der Waals surface area contributed by atoms with Crippen molar-refractivity contribution in [3.8, 4) is 0 Å². The second kappa shape index (κ2) is 8.64. The third-order valence-electron chi connectivity index (χ3n) is 3.71. The molecule has 0 aliphatic heterocycles. The molecule has 9 heteroatoms. The largest absolute Gasteiger partial charge is 0.325 e. The van der Waals surface area contributed by atoms with Crippen LogP contribution in [0.2, 0.25) is 0 Å². The smallest absolute Gasteiger partial charge is 0.244 e. The Morgan fingerprint density at radius 3 is 2.22 bits per heavy atom. The summed E-state index contributed by atoms with van der Waals surface area (Å²) in [6.07, 6.45) is 1.28. The minimum atomic E-state index is -3.53. The molecule has 144 valence electrons. The van der Waals surface area contributed by atoms with Gasteiger partial charge in [0.05, 0.1) is 10.3 Å². The Morgan fingerprint density at radius 2 is 1.74 bits per heavy atom. The van der Waals surface area contributed by atoms with Crippen molar-refractivity contribution < 1.29 is 18.0 Å². The molecule has 0 aliphatic carbocycles. The first-order valence-corrected chi connectivity index (χ1v) is 10.4. The minimum Gasteiger partial charge on any atom is -0.325 e. The second-order valence-corrected chi connectivity index (χ2v) is 9.52. The lowest BCUT2D eigenvalue weighted by Gasteiger charge is -2.13. The first-order valence-electron chi connectivity index (χ1n) is 8.08. The van der Waals surface area contributed by atoms with Gasteiger partial charge in [-0.05, 0) is 50.2 Å². The van der Waals surface area contributed by atoms with Crippen LogP contribution < -0.4 is 5.32 Å². The molecule has 7 nitrogen and oxygen atoms in total. The van der Waals surface area contributed by atoms with Crippen molar-refractivity contribution in [3.63, 3.8) is 0 Å². The summed E-state index contributed by atoms with van der Waals surface area (Å²) in [5.74, 6) is -0.259. The highest BCUT2D eigenvalue weighted by molar-refractivity contribution is 8.00. The van der Waals surface area contributed by atoms with E-state index in [-0.39, 0.29) is 16.6 Å². The summed E-state index contributed by atoms with van der Waals surface area (Å²) in [6.45, 7) is 3.21. The maximum Gasteiger partial charge on any atom is 0.244 e. The Morgan fingerprint density at radius 1 is 1.11 bits per heavy atom. The van der Waals surface area contributed by atoms with E-state index in [0.717, 1.165) is 4.31 Å². The Kier molecular flexibility index (Phi) is 6.74. The molecule has 0 unspecified atom stereocenters. The second-order valence-electron chi connectivity index (χ2n) is 6.00. The van der Waals surface area contributed by atoms with Crippen molar-refractivity contribution in [1.29, 1.82) is 0 Å². The van der Waals surface area contributed by atoms with Crippen LogP contribution in [-0.4, -0.2) is 48.7 Å². The lowest BCUT2D eigenvalue weighted by Crippen LogP contribution is -2.23. The SMILES string of the molecule is CC(=O)c1ccc(NC(=O)[C@H](C)Sc2ccc(S(=O)(=O)N(C)C)cn2)cc1. The molecule has 27 heavy (non-hydrogen) atoms. The highest BCUT2D eigenvalue weighted by Gasteiger charge is 2.19. The minimum absolute atomic E-state index is 0.0393. The van der Waals surface area contributed by atoms with Gasteiger partial charge in [0.2, 0.25) is 15.9 Å². The van der Waals surface area contributed by atoms with Crippen LogP contribution in [0.1, 0.15) is 24.2 Å². The van der Waals surface area contributed by atoms with Crippen LogP contribution in [0.4, 0.5) is 5.69 Å². The van der Waals surface area contributed by atoms with Gasteiger partial charge >= 0.3 is 0 Å². The van der Waals surface area contributed by atoms with E-state index in [4.69, 9.17) is 0 Å². The van der Waals surface area contributed by atoms with Crippen LogP contribution in [-0.2, 0) is 14.8 Å². The van der Waals surface area contributed by atoms with E-state index < -0.39 is 15.3 Å². The summed E-state index contributed by atoms with van der Waals surface area (Å²) in [6, 6.07) is 9.70. The van der Waals surface area contributed by atoms with Crippen LogP contribution in [0.5, 0.6) is 0 Å². The van der Waals surface area contributed by atoms with Gasteiger partial charge in [0.1, 0.15) is 4.90 Å². The number of benzene rings is 1. The van der Waals surface area contributed by atoms with Crippen molar-refractivity contribution in [2.45, 2.75) is 29.0 Å². The number of nitrogens with zero attached hydrogens (tertiary/aromatic N) is 2. The molecule has 1 N–H and O–H groups in total. The van der Waals surface area contributed by atoms with Gasteiger partial charge in [-0.1, -0.05) is 11.8 Å². The van der Waals surface area contributed by atoms with E-state index in [2.05, 4.69) is 10.3 Å². The standard InChI is InChI=1S/C18H21N3O4S2/c1-12(22)14-5-7-15(8-6-14)20-18(23)13(2)26-17-10-9-16(11-19-17)27(24,25)21(3)4/h5-11,13H,1-4H3,(H,20,23)/t13-/m0/s1. The van der Waals surface area contributed by atoms with E-state index in [1.807, 2.05) is 0 Å². The first kappa shape index (κ1) is 21.1. The number of anilines is 1. The average Bonchev–Trinajstić information content (AvgIpc) is 2.62. The maximum atomic E-state index is 12.3. The van der Waals surface area contributed by atoms with Gasteiger partial charge in [-0.3, -0.25) is 9.59 Å². The molecule has 1 aromatic carbocycles. The fourth-order valence-corrected chi connectivity index (χ4v) is 3.70. The number of thioether (sulfide) groups is 1. The summed E-state index contributed by atoms with van der Waals surface area (Å²) in [5.41, 5.74) is 1.17. The van der Waals surface area contributed by atoms with Crippen molar-refractivity contribution in [3.05, 3.63) is 48.2 Å². The van der Waals surface area contributed by atoms with Crippen molar-refractivity contribution in [2.24, 2.45) is 0 Å². The van der Waals surface area contributed by atoms with E-state index in [1.165, 1.54) is 45.0 Å². The molecule has 2 rings (SSSR count). The Labute approximate surface area is 163 Å². The van der Waals surface area contributed by atoms with Gasteiger partial charge < -0.3 is 5.32 Å². The third kappa shape index (κ3) is 5.38. The van der Waals surface area contributed by atoms with E-state index in [9.17, 15) is 18.0 Å². The van der Waals surface area contributed by atoms with Crippen molar-refractivity contribution >= 4 is 39.2 Å². The van der Waals surface area contributed by atoms with Crippen LogP contribution in [0.3, 0.4) is 0 Å². The monoisotopic (exact) mass is 407 g/mol. The predicted molar refractivity (Wildman–Crippen MR) is 106 cm³/mol. The van der Waals surface area contributed by atoms with Gasteiger partial charge in [-0.25, -0.2) is 17.7 Å². The van der Waals surface area contributed by atoms with Crippen molar-refractivity contribution in [1.82, 2.24) is 9.29 Å². The number of pyridine rings is 1. The zero-order valence-electron chi connectivity index (χ0n) is 15.5. The molecule has 1 aromatic heterocycles. The molecule has 0 saturated heterocycles. The number of hydrogen-bond acceptors (Lipinski definition) is 6. The van der Waals surface area contributed by atoms with E-state index in [1.54, 1.807) is 37.3 Å². The lowest BCUT2D eigenvalue weighted by atomic mass is 10.1. The number of sulfonamides is 1. The molecule has 1 heterocycles. The number of Topliss-reactive ketones (excluding diaryl/α,β-unsaturated/α-hetero) is 1.